The van der Waals surface area contributed by atoms with Gasteiger partial charge in [0.15, 0.2) is 0 Å². The molecule has 0 aliphatic heterocycles. The van der Waals surface area contributed by atoms with Gasteiger partial charge in [0, 0.05) is 31.1 Å². The van der Waals surface area contributed by atoms with Crippen molar-refractivity contribution < 1.29 is 9.53 Å². The van der Waals surface area contributed by atoms with Gasteiger partial charge in [0.1, 0.15) is 16.5 Å². The normalized spacial score (nSPS) is 10.6. The molecule has 0 radical (unpaired) electrons. The summed E-state index contributed by atoms with van der Waals surface area (Å²) in [5, 5.41) is 5.69. The molecule has 0 spiro atoms. The van der Waals surface area contributed by atoms with Gasteiger partial charge in [0.25, 0.3) is 5.91 Å². The van der Waals surface area contributed by atoms with E-state index in [1.54, 1.807) is 11.9 Å². The highest BCUT2D eigenvalue weighted by Gasteiger charge is 2.15. The number of nitrogens with one attached hydrogen (secondary N) is 1. The number of ether oxygens (including phenoxy) is 1. The fourth-order valence-corrected chi connectivity index (χ4v) is 2.79. The van der Waals surface area contributed by atoms with Crippen LogP contribution in [0.25, 0.3) is 10.6 Å². The van der Waals surface area contributed by atoms with Crippen molar-refractivity contribution in [3.63, 3.8) is 0 Å². The van der Waals surface area contributed by atoms with Gasteiger partial charge in [-0.1, -0.05) is 6.92 Å². The third-order valence-electron chi connectivity index (χ3n) is 3.34. The maximum absolute atomic E-state index is 12.3. The Labute approximate surface area is 141 Å². The Balaban J connectivity index is 2.05. The second-order valence-electron chi connectivity index (χ2n) is 5.24. The number of benzene rings is 1. The number of rotatable bonds is 8. The van der Waals surface area contributed by atoms with Crippen LogP contribution in [-0.2, 0) is 0 Å². The van der Waals surface area contributed by atoms with Gasteiger partial charge in [-0.25, -0.2) is 4.98 Å². The molecule has 1 heterocycles. The van der Waals surface area contributed by atoms with Crippen LogP contribution < -0.4 is 10.1 Å². The molecule has 124 valence electrons. The van der Waals surface area contributed by atoms with Crippen molar-refractivity contribution in [2.24, 2.45) is 0 Å². The van der Waals surface area contributed by atoms with Gasteiger partial charge >= 0.3 is 0 Å². The fraction of sp³-hybridized carbons (Fsp3) is 0.412. The maximum Gasteiger partial charge on any atom is 0.273 e. The number of likely N-dealkylation sites (N-methyl/N-ethyl adjacent to an activating group) is 2. The lowest BCUT2D eigenvalue weighted by molar-refractivity contribution is 0.0792. The average Bonchev–Trinajstić information content (AvgIpc) is 3.07. The largest absolute Gasteiger partial charge is 0.494 e. The van der Waals surface area contributed by atoms with Crippen LogP contribution in [0.2, 0.25) is 0 Å². The molecule has 0 saturated carbocycles. The average molecular weight is 333 g/mol. The first-order chi connectivity index (χ1) is 11.2. The standard InChI is InChI=1S/C17H23N3O2S/c1-4-11-22-14-7-5-13(6-8-14)16-19-15(12-23-16)17(21)20(3)10-9-18-2/h5-8,12,18H,4,9-11H2,1-3H3. The molecule has 0 aliphatic rings. The molecule has 0 atom stereocenters. The Kier molecular flexibility index (Phi) is 6.55. The summed E-state index contributed by atoms with van der Waals surface area (Å²) in [6.45, 7) is 4.22. The summed E-state index contributed by atoms with van der Waals surface area (Å²) in [6, 6.07) is 7.82. The first-order valence-electron chi connectivity index (χ1n) is 7.74. The van der Waals surface area contributed by atoms with Crippen molar-refractivity contribution in [1.82, 2.24) is 15.2 Å². The van der Waals surface area contributed by atoms with Crippen LogP contribution >= 0.6 is 11.3 Å². The molecule has 0 fully saturated rings. The topological polar surface area (TPSA) is 54.5 Å². The SMILES string of the molecule is CCCOc1ccc(-c2nc(C(=O)N(C)CCNC)cs2)cc1. The van der Waals surface area contributed by atoms with Crippen molar-refractivity contribution in [3.8, 4) is 16.3 Å². The Morgan fingerprint density at radius 2 is 2.09 bits per heavy atom. The minimum atomic E-state index is -0.0503. The summed E-state index contributed by atoms with van der Waals surface area (Å²) >= 11 is 1.48. The molecule has 1 aromatic heterocycles. The molecule has 1 N–H and O–H groups in total. The van der Waals surface area contributed by atoms with Gasteiger partial charge in [-0.05, 0) is 37.7 Å². The number of carbonyl (C=O) groups excluding carboxylic acids is 1. The predicted octanol–water partition coefficient (Wildman–Crippen LogP) is 2.89. The number of nitrogens with zero attached hydrogens (tertiary/aromatic N) is 2. The van der Waals surface area contributed by atoms with E-state index < -0.39 is 0 Å². The first kappa shape index (κ1) is 17.4. The Hall–Kier alpha value is -1.92. The molecule has 0 bridgehead atoms. The van der Waals surface area contributed by atoms with E-state index in [1.807, 2.05) is 36.7 Å². The monoisotopic (exact) mass is 333 g/mol. The van der Waals surface area contributed by atoms with Crippen LogP contribution in [0.5, 0.6) is 5.75 Å². The zero-order valence-electron chi connectivity index (χ0n) is 13.8. The highest BCUT2D eigenvalue weighted by molar-refractivity contribution is 7.13. The van der Waals surface area contributed by atoms with Crippen LogP contribution in [0, 0.1) is 0 Å². The van der Waals surface area contributed by atoms with E-state index in [1.165, 1.54) is 11.3 Å². The molecule has 6 heteroatoms. The van der Waals surface area contributed by atoms with E-state index in [2.05, 4.69) is 17.2 Å². The quantitative estimate of drug-likeness (QED) is 0.807. The van der Waals surface area contributed by atoms with E-state index >= 15 is 0 Å². The van der Waals surface area contributed by atoms with E-state index in [4.69, 9.17) is 4.74 Å². The zero-order chi connectivity index (χ0) is 16.7. The summed E-state index contributed by atoms with van der Waals surface area (Å²) < 4.78 is 5.57. The predicted molar refractivity (Wildman–Crippen MR) is 94.2 cm³/mol. The van der Waals surface area contributed by atoms with Crippen LogP contribution in [0.3, 0.4) is 0 Å². The van der Waals surface area contributed by atoms with E-state index in [-0.39, 0.29) is 5.91 Å². The lowest BCUT2D eigenvalue weighted by Gasteiger charge is -2.15. The first-order valence-corrected chi connectivity index (χ1v) is 8.62. The number of carbonyl (C=O) groups is 1. The molecule has 2 aromatic rings. The molecule has 0 unspecified atom stereocenters. The summed E-state index contributed by atoms with van der Waals surface area (Å²) in [4.78, 5) is 18.4. The van der Waals surface area contributed by atoms with Crippen LogP contribution in [0.1, 0.15) is 23.8 Å². The highest BCUT2D eigenvalue weighted by Crippen LogP contribution is 2.26. The lowest BCUT2D eigenvalue weighted by atomic mass is 10.2. The number of hydrogen-bond donors (Lipinski definition) is 1. The second-order valence-corrected chi connectivity index (χ2v) is 6.10. The van der Waals surface area contributed by atoms with Crippen molar-refractivity contribution >= 4 is 17.2 Å². The van der Waals surface area contributed by atoms with Crippen molar-refractivity contribution in [2.45, 2.75) is 13.3 Å². The zero-order valence-corrected chi connectivity index (χ0v) is 14.7. The Bertz CT molecular complexity index is 625. The number of hydrogen-bond acceptors (Lipinski definition) is 5. The van der Waals surface area contributed by atoms with Crippen LogP contribution in [0.15, 0.2) is 29.6 Å². The minimum absolute atomic E-state index is 0.0503. The molecule has 5 nitrogen and oxygen atoms in total. The summed E-state index contributed by atoms with van der Waals surface area (Å²) in [5.41, 5.74) is 1.49. The van der Waals surface area contributed by atoms with Gasteiger partial charge in [-0.2, -0.15) is 0 Å². The van der Waals surface area contributed by atoms with Gasteiger partial charge in [-0.3, -0.25) is 4.79 Å². The van der Waals surface area contributed by atoms with Crippen molar-refractivity contribution in [1.29, 1.82) is 0 Å². The van der Waals surface area contributed by atoms with E-state index in [9.17, 15) is 4.79 Å². The van der Waals surface area contributed by atoms with Gasteiger partial charge in [-0.15, -0.1) is 11.3 Å². The minimum Gasteiger partial charge on any atom is -0.494 e. The Morgan fingerprint density at radius 3 is 2.74 bits per heavy atom. The highest BCUT2D eigenvalue weighted by atomic mass is 32.1. The van der Waals surface area contributed by atoms with Crippen molar-refractivity contribution in [2.75, 3.05) is 33.8 Å². The molecule has 0 saturated heterocycles. The van der Waals surface area contributed by atoms with Gasteiger partial charge < -0.3 is 15.0 Å². The third-order valence-corrected chi connectivity index (χ3v) is 4.23. The molecule has 0 aliphatic carbocycles. The number of aromatic nitrogens is 1. The summed E-state index contributed by atoms with van der Waals surface area (Å²) in [6.07, 6.45) is 0.987. The number of thiazole rings is 1. The van der Waals surface area contributed by atoms with Crippen LogP contribution in [-0.4, -0.2) is 49.6 Å². The van der Waals surface area contributed by atoms with Gasteiger partial charge in [0.2, 0.25) is 0 Å². The summed E-state index contributed by atoms with van der Waals surface area (Å²) in [7, 11) is 3.66. The van der Waals surface area contributed by atoms with E-state index in [0.717, 1.165) is 29.3 Å². The molecular weight excluding hydrogens is 310 g/mol. The summed E-state index contributed by atoms with van der Waals surface area (Å²) in [5.74, 6) is 0.806. The molecule has 1 aromatic carbocycles. The number of amides is 1. The molecular formula is C17H23N3O2S. The van der Waals surface area contributed by atoms with Gasteiger partial charge in [0.05, 0.1) is 6.61 Å². The molecule has 1 amide bonds. The molecule has 23 heavy (non-hydrogen) atoms. The second kappa shape index (κ2) is 8.64. The maximum atomic E-state index is 12.3. The van der Waals surface area contributed by atoms with E-state index in [0.29, 0.717) is 18.8 Å². The molecule has 2 rings (SSSR count). The Morgan fingerprint density at radius 1 is 1.35 bits per heavy atom. The lowest BCUT2D eigenvalue weighted by Crippen LogP contribution is -2.32. The van der Waals surface area contributed by atoms with Crippen molar-refractivity contribution in [3.05, 3.63) is 35.3 Å². The third kappa shape index (κ3) is 4.77. The smallest absolute Gasteiger partial charge is 0.273 e. The van der Waals surface area contributed by atoms with Crippen LogP contribution in [0.4, 0.5) is 0 Å². The fourth-order valence-electron chi connectivity index (χ4n) is 1.99.